The lowest BCUT2D eigenvalue weighted by Gasteiger charge is -2.34. The maximum Gasteiger partial charge on any atom is 0.373 e. The van der Waals surface area contributed by atoms with E-state index in [9.17, 15) is 14.7 Å². The van der Waals surface area contributed by atoms with Crippen molar-refractivity contribution in [2.45, 2.75) is 46.6 Å². The largest absolute Gasteiger partial charge is 0.477 e. The van der Waals surface area contributed by atoms with Gasteiger partial charge in [0, 0.05) is 42.6 Å². The monoisotopic (exact) mass is 424 g/mol. The molecule has 0 saturated carbocycles. The van der Waals surface area contributed by atoms with Gasteiger partial charge in [0.05, 0.1) is 5.69 Å². The first kappa shape index (κ1) is 22.5. The van der Waals surface area contributed by atoms with Crippen LogP contribution in [0.3, 0.4) is 0 Å². The first-order valence-corrected chi connectivity index (χ1v) is 10.6. The van der Waals surface area contributed by atoms with Gasteiger partial charge in [0.1, 0.15) is 5.56 Å². The van der Waals surface area contributed by atoms with Gasteiger partial charge in [0.25, 0.3) is 0 Å². The van der Waals surface area contributed by atoms with E-state index >= 15 is 0 Å². The van der Waals surface area contributed by atoms with E-state index in [4.69, 9.17) is 9.59 Å². The van der Waals surface area contributed by atoms with Crippen LogP contribution in [0.2, 0.25) is 0 Å². The Labute approximate surface area is 181 Å². The average molecular weight is 424 g/mol. The molecule has 1 aromatic heterocycles. The molecule has 2 atom stereocenters. The number of hydrogen-bond acceptors (Lipinski definition) is 5. The van der Waals surface area contributed by atoms with Crippen LogP contribution in [0.1, 0.15) is 54.7 Å². The number of anilines is 1. The van der Waals surface area contributed by atoms with Crippen molar-refractivity contribution in [2.75, 3.05) is 18.0 Å². The minimum absolute atomic E-state index is 0.134. The number of carboxylic acid groups (broad SMARTS) is 1. The van der Waals surface area contributed by atoms with E-state index in [1.54, 1.807) is 6.20 Å². The molecule has 1 aromatic carbocycles. The number of hydrogen-bond donors (Lipinski definition) is 1. The number of aromatic nitrogens is 1. The van der Waals surface area contributed by atoms with Crippen molar-refractivity contribution in [3.8, 4) is 11.3 Å². The first-order valence-electron chi connectivity index (χ1n) is 10.6. The van der Waals surface area contributed by atoms with E-state index in [1.807, 2.05) is 4.57 Å². The summed E-state index contributed by atoms with van der Waals surface area (Å²) in [6.45, 7) is 10.9. The lowest BCUT2D eigenvalue weighted by atomic mass is 9.86. The third-order valence-corrected chi connectivity index (χ3v) is 6.33. The zero-order valence-electron chi connectivity index (χ0n) is 18.3. The smallest absolute Gasteiger partial charge is 0.373 e. The van der Waals surface area contributed by atoms with Gasteiger partial charge in [0.2, 0.25) is 0 Å². The van der Waals surface area contributed by atoms with Crippen molar-refractivity contribution in [1.82, 2.24) is 4.57 Å². The number of aromatic carboxylic acids is 1. The second kappa shape index (κ2) is 8.90. The Morgan fingerprint density at radius 2 is 1.90 bits per heavy atom. The highest BCUT2D eigenvalue weighted by atomic mass is 16.4. The summed E-state index contributed by atoms with van der Waals surface area (Å²) in [6, 6.07) is 6.12. The standard InChI is InChI=1S/C23H28N2O3.CO2/c1-13(2)19-8-16-9-20(24-6-5-14(3)11-24)15(4)7-17(16)21-10-22(26)18(23(27)28)12-25(19)21;2-1-3/h7,9-10,12-14,19H,5-6,8,11H2,1-4H3,(H,27,28);/t14-,19?;/m0./s1. The summed E-state index contributed by atoms with van der Waals surface area (Å²) in [5.41, 5.74) is 5.06. The summed E-state index contributed by atoms with van der Waals surface area (Å²) in [6.07, 6.45) is 3.86. The molecule has 1 unspecified atom stereocenters. The predicted octanol–water partition coefficient (Wildman–Crippen LogP) is 3.54. The summed E-state index contributed by atoms with van der Waals surface area (Å²) in [4.78, 5) is 42.6. The minimum Gasteiger partial charge on any atom is -0.477 e. The zero-order chi connectivity index (χ0) is 22.9. The van der Waals surface area contributed by atoms with Crippen molar-refractivity contribution in [3.63, 3.8) is 0 Å². The Hall–Kier alpha value is -3.18. The molecule has 3 heterocycles. The molecular formula is C24H28N2O5. The van der Waals surface area contributed by atoms with E-state index in [1.165, 1.54) is 29.3 Å². The highest BCUT2D eigenvalue weighted by Crippen LogP contribution is 2.41. The molecule has 0 spiro atoms. The van der Waals surface area contributed by atoms with Crippen molar-refractivity contribution >= 4 is 17.8 Å². The molecule has 0 aliphatic carbocycles. The van der Waals surface area contributed by atoms with E-state index in [0.717, 1.165) is 30.8 Å². The highest BCUT2D eigenvalue weighted by Gasteiger charge is 2.29. The van der Waals surface area contributed by atoms with E-state index in [-0.39, 0.29) is 17.8 Å². The number of nitrogens with zero attached hydrogens (tertiary/aromatic N) is 2. The number of rotatable bonds is 3. The van der Waals surface area contributed by atoms with Crippen LogP contribution in [0.25, 0.3) is 11.3 Å². The fraction of sp³-hybridized carbons (Fsp3) is 0.458. The highest BCUT2D eigenvalue weighted by molar-refractivity contribution is 5.88. The van der Waals surface area contributed by atoms with Gasteiger partial charge < -0.3 is 14.6 Å². The summed E-state index contributed by atoms with van der Waals surface area (Å²) >= 11 is 0. The summed E-state index contributed by atoms with van der Waals surface area (Å²) in [7, 11) is 0. The number of aryl methyl sites for hydroxylation is 1. The summed E-state index contributed by atoms with van der Waals surface area (Å²) in [5, 5.41) is 9.39. The van der Waals surface area contributed by atoms with Gasteiger partial charge in [-0.15, -0.1) is 0 Å². The Morgan fingerprint density at radius 3 is 2.45 bits per heavy atom. The molecule has 0 radical (unpaired) electrons. The quantitative estimate of drug-likeness (QED) is 0.810. The van der Waals surface area contributed by atoms with E-state index in [0.29, 0.717) is 11.8 Å². The maximum atomic E-state index is 12.4. The molecule has 7 heteroatoms. The second-order valence-corrected chi connectivity index (χ2v) is 8.88. The van der Waals surface area contributed by atoms with Crippen molar-refractivity contribution in [2.24, 2.45) is 11.8 Å². The van der Waals surface area contributed by atoms with Gasteiger partial charge in [-0.25, -0.2) is 4.79 Å². The normalized spacial score (nSPS) is 19.2. The third kappa shape index (κ3) is 4.32. The van der Waals surface area contributed by atoms with E-state index in [2.05, 4.69) is 44.7 Å². The van der Waals surface area contributed by atoms with Crippen LogP contribution in [-0.2, 0) is 16.0 Å². The number of carbonyl (C=O) groups excluding carboxylic acids is 2. The molecule has 2 aliphatic heterocycles. The molecule has 2 aromatic rings. The fourth-order valence-corrected chi connectivity index (χ4v) is 4.72. The van der Waals surface area contributed by atoms with Gasteiger partial charge >= 0.3 is 12.1 Å². The number of carbonyl (C=O) groups is 1. The minimum atomic E-state index is -1.16. The Bertz CT molecular complexity index is 1100. The maximum absolute atomic E-state index is 12.4. The summed E-state index contributed by atoms with van der Waals surface area (Å²) < 4.78 is 2.01. The van der Waals surface area contributed by atoms with Crippen molar-refractivity contribution < 1.29 is 19.5 Å². The van der Waals surface area contributed by atoms with Crippen LogP contribution < -0.4 is 10.3 Å². The van der Waals surface area contributed by atoms with E-state index < -0.39 is 11.4 Å². The van der Waals surface area contributed by atoms with Crippen LogP contribution in [0.15, 0.2) is 29.2 Å². The third-order valence-electron chi connectivity index (χ3n) is 6.33. The SMILES string of the molecule is Cc1cc2c(cc1N1CC[C@H](C)C1)CC(C(C)C)n1cc(C(=O)O)c(=O)cc1-2.O=C=O. The Balaban J connectivity index is 0.000000858. The average Bonchev–Trinajstić information content (AvgIpc) is 3.13. The van der Waals surface area contributed by atoms with Crippen LogP contribution in [0.5, 0.6) is 0 Å². The fourth-order valence-electron chi connectivity index (χ4n) is 4.72. The van der Waals surface area contributed by atoms with Crippen molar-refractivity contribution in [3.05, 3.63) is 51.3 Å². The van der Waals surface area contributed by atoms with Gasteiger partial charge in [0.15, 0.2) is 5.43 Å². The zero-order valence-corrected chi connectivity index (χ0v) is 18.3. The topological polar surface area (TPSA) is 96.7 Å². The lowest BCUT2D eigenvalue weighted by Crippen LogP contribution is -2.28. The van der Waals surface area contributed by atoms with Crippen LogP contribution >= 0.6 is 0 Å². The molecule has 164 valence electrons. The molecule has 1 saturated heterocycles. The predicted molar refractivity (Wildman–Crippen MR) is 116 cm³/mol. The molecule has 2 aliphatic rings. The van der Waals surface area contributed by atoms with Crippen LogP contribution in [0.4, 0.5) is 5.69 Å². The van der Waals surface area contributed by atoms with Crippen molar-refractivity contribution in [1.29, 1.82) is 0 Å². The molecular weight excluding hydrogens is 396 g/mol. The van der Waals surface area contributed by atoms with Gasteiger partial charge in [-0.2, -0.15) is 9.59 Å². The second-order valence-electron chi connectivity index (χ2n) is 8.88. The molecule has 1 fully saturated rings. The number of benzene rings is 1. The molecule has 31 heavy (non-hydrogen) atoms. The molecule has 0 amide bonds. The molecule has 0 bridgehead atoms. The summed E-state index contributed by atoms with van der Waals surface area (Å²) in [5.74, 6) is -0.122. The Morgan fingerprint density at radius 1 is 1.23 bits per heavy atom. The van der Waals surface area contributed by atoms with Crippen LogP contribution in [0, 0.1) is 18.8 Å². The van der Waals surface area contributed by atoms with Crippen LogP contribution in [-0.4, -0.2) is 34.9 Å². The lowest BCUT2D eigenvalue weighted by molar-refractivity contribution is -0.191. The van der Waals surface area contributed by atoms with Gasteiger partial charge in [-0.05, 0) is 54.9 Å². The Kier molecular flexibility index (Phi) is 6.46. The molecule has 4 rings (SSSR count). The van der Waals surface area contributed by atoms with Gasteiger partial charge in [-0.3, -0.25) is 4.79 Å². The number of pyridine rings is 1. The molecule has 1 N–H and O–H groups in total. The van der Waals surface area contributed by atoms with Gasteiger partial charge in [-0.1, -0.05) is 20.8 Å². The number of fused-ring (bicyclic) bond motifs is 3. The number of carboxylic acids is 1. The first-order chi connectivity index (χ1) is 14.7. The molecule has 7 nitrogen and oxygen atoms in total.